The van der Waals surface area contributed by atoms with Crippen molar-refractivity contribution in [2.24, 2.45) is 0 Å². The minimum atomic E-state index is -0.210. The highest BCUT2D eigenvalue weighted by atomic mass is 19.1. The highest BCUT2D eigenvalue weighted by molar-refractivity contribution is 5.35. The van der Waals surface area contributed by atoms with E-state index in [1.807, 2.05) is 24.3 Å². The van der Waals surface area contributed by atoms with Crippen molar-refractivity contribution in [1.82, 2.24) is 10.2 Å². The minimum absolute atomic E-state index is 0.112. The van der Waals surface area contributed by atoms with E-state index < -0.39 is 0 Å². The zero-order valence-corrected chi connectivity index (χ0v) is 12.2. The third kappa shape index (κ3) is 3.53. The third-order valence-electron chi connectivity index (χ3n) is 3.42. The summed E-state index contributed by atoms with van der Waals surface area (Å²) >= 11 is 0. The molecule has 0 radical (unpaired) electrons. The van der Waals surface area contributed by atoms with Gasteiger partial charge in [0.15, 0.2) is 0 Å². The summed E-state index contributed by atoms with van der Waals surface area (Å²) in [6.07, 6.45) is 0.883. The summed E-state index contributed by atoms with van der Waals surface area (Å²) in [5, 5.41) is 11.5. The summed E-state index contributed by atoms with van der Waals surface area (Å²) in [6, 6.07) is 10.5. The van der Waals surface area contributed by atoms with Crippen LogP contribution >= 0.6 is 0 Å². The van der Waals surface area contributed by atoms with Crippen molar-refractivity contribution in [3.8, 4) is 0 Å². The monoisotopic (exact) mass is 273 g/mol. The molecule has 1 heterocycles. The van der Waals surface area contributed by atoms with Gasteiger partial charge in [-0.3, -0.25) is 0 Å². The molecule has 3 nitrogen and oxygen atoms in total. The maximum absolute atomic E-state index is 13.0. The molecule has 0 saturated carbocycles. The van der Waals surface area contributed by atoms with Crippen LogP contribution in [-0.4, -0.2) is 16.7 Å². The van der Waals surface area contributed by atoms with Crippen molar-refractivity contribution in [2.75, 3.05) is 11.9 Å². The molecule has 0 spiro atoms. The van der Waals surface area contributed by atoms with Crippen LogP contribution in [0.3, 0.4) is 0 Å². The summed E-state index contributed by atoms with van der Waals surface area (Å²) in [4.78, 5) is 0. The Hall–Kier alpha value is -1.97. The summed E-state index contributed by atoms with van der Waals surface area (Å²) in [5.41, 5.74) is 1.96. The van der Waals surface area contributed by atoms with Crippen LogP contribution in [-0.2, 0) is 11.8 Å². The lowest BCUT2D eigenvalue weighted by Crippen LogP contribution is -2.28. The van der Waals surface area contributed by atoms with E-state index in [-0.39, 0.29) is 11.2 Å². The van der Waals surface area contributed by atoms with Crippen molar-refractivity contribution >= 4 is 5.82 Å². The Morgan fingerprint density at radius 1 is 1.05 bits per heavy atom. The molecule has 0 saturated heterocycles. The van der Waals surface area contributed by atoms with Gasteiger partial charge in [0.05, 0.1) is 5.69 Å². The molecular formula is C16H20FN3. The predicted molar refractivity (Wildman–Crippen MR) is 79.3 cm³/mol. The van der Waals surface area contributed by atoms with Gasteiger partial charge >= 0.3 is 0 Å². The van der Waals surface area contributed by atoms with Crippen molar-refractivity contribution < 1.29 is 4.39 Å². The van der Waals surface area contributed by atoms with Gasteiger partial charge < -0.3 is 5.32 Å². The number of aromatic nitrogens is 2. The van der Waals surface area contributed by atoms with E-state index in [2.05, 4.69) is 36.3 Å². The Bertz CT molecular complexity index is 547. The molecule has 1 N–H and O–H groups in total. The first kappa shape index (κ1) is 14.4. The molecule has 0 aliphatic rings. The normalized spacial score (nSPS) is 11.4. The third-order valence-corrected chi connectivity index (χ3v) is 3.42. The van der Waals surface area contributed by atoms with E-state index in [4.69, 9.17) is 0 Å². The molecule has 2 aromatic rings. The van der Waals surface area contributed by atoms with Crippen LogP contribution < -0.4 is 5.32 Å². The predicted octanol–water partition coefficient (Wildman–Crippen LogP) is 3.57. The number of aryl methyl sites for hydroxylation is 1. The van der Waals surface area contributed by atoms with Crippen LogP contribution in [0.25, 0.3) is 0 Å². The van der Waals surface area contributed by atoms with Gasteiger partial charge in [0.2, 0.25) is 0 Å². The van der Waals surface area contributed by atoms with Crippen molar-refractivity contribution in [3.63, 3.8) is 0 Å². The van der Waals surface area contributed by atoms with Crippen LogP contribution in [0, 0.1) is 5.82 Å². The summed E-state index contributed by atoms with van der Waals surface area (Å²) in [5.74, 6) is 0.552. The van der Waals surface area contributed by atoms with E-state index in [0.29, 0.717) is 6.54 Å². The Kier molecular flexibility index (Phi) is 4.32. The fourth-order valence-corrected chi connectivity index (χ4v) is 1.96. The molecule has 106 valence electrons. The fourth-order valence-electron chi connectivity index (χ4n) is 1.96. The van der Waals surface area contributed by atoms with E-state index >= 15 is 0 Å². The number of hydrogen-bond acceptors (Lipinski definition) is 3. The number of benzene rings is 1. The zero-order chi connectivity index (χ0) is 14.6. The Balaban J connectivity index is 2.02. The zero-order valence-electron chi connectivity index (χ0n) is 12.2. The first-order valence-electron chi connectivity index (χ1n) is 6.84. The van der Waals surface area contributed by atoms with E-state index in [1.165, 1.54) is 12.1 Å². The van der Waals surface area contributed by atoms with E-state index in [9.17, 15) is 4.39 Å². The van der Waals surface area contributed by atoms with Gasteiger partial charge in [-0.05, 0) is 36.2 Å². The fraction of sp³-hybridized carbons (Fsp3) is 0.375. The molecule has 2 rings (SSSR count). The molecule has 0 aliphatic heterocycles. The topological polar surface area (TPSA) is 37.8 Å². The number of halogens is 1. The van der Waals surface area contributed by atoms with Crippen LogP contribution in [0.4, 0.5) is 10.2 Å². The Morgan fingerprint density at radius 3 is 2.30 bits per heavy atom. The molecule has 4 heteroatoms. The first-order chi connectivity index (χ1) is 9.51. The summed E-state index contributed by atoms with van der Waals surface area (Å²) in [6.45, 7) is 6.98. The van der Waals surface area contributed by atoms with E-state index in [0.717, 1.165) is 23.5 Å². The summed E-state index contributed by atoms with van der Waals surface area (Å²) in [7, 11) is 0. The number of nitrogens with one attached hydrogen (secondary N) is 1. The van der Waals surface area contributed by atoms with Gasteiger partial charge in [0.25, 0.3) is 0 Å². The van der Waals surface area contributed by atoms with Crippen LogP contribution in [0.15, 0.2) is 36.4 Å². The van der Waals surface area contributed by atoms with Crippen molar-refractivity contribution in [1.29, 1.82) is 0 Å². The SMILES string of the molecule is CCc1ccc(NCC(C)(C)c2ccc(F)cc2)nn1. The molecule has 0 bridgehead atoms. The second-order valence-electron chi connectivity index (χ2n) is 5.51. The largest absolute Gasteiger partial charge is 0.368 e. The maximum atomic E-state index is 13.0. The molecule has 1 aromatic carbocycles. The van der Waals surface area contributed by atoms with Gasteiger partial charge in [0.1, 0.15) is 11.6 Å². The number of anilines is 1. The van der Waals surface area contributed by atoms with Gasteiger partial charge in [-0.2, -0.15) is 5.10 Å². The second-order valence-corrected chi connectivity index (χ2v) is 5.51. The van der Waals surface area contributed by atoms with Gasteiger partial charge in [0, 0.05) is 12.0 Å². The van der Waals surface area contributed by atoms with Crippen LogP contribution in [0.2, 0.25) is 0 Å². The van der Waals surface area contributed by atoms with Crippen molar-refractivity contribution in [2.45, 2.75) is 32.6 Å². The molecule has 0 fully saturated rings. The average Bonchev–Trinajstić information content (AvgIpc) is 2.46. The van der Waals surface area contributed by atoms with E-state index in [1.54, 1.807) is 0 Å². The minimum Gasteiger partial charge on any atom is -0.368 e. The lowest BCUT2D eigenvalue weighted by molar-refractivity contribution is 0.552. The van der Waals surface area contributed by atoms with Gasteiger partial charge in [-0.1, -0.05) is 32.9 Å². The van der Waals surface area contributed by atoms with Crippen LogP contribution in [0.1, 0.15) is 32.0 Å². The highest BCUT2D eigenvalue weighted by Gasteiger charge is 2.20. The Morgan fingerprint density at radius 2 is 1.75 bits per heavy atom. The number of nitrogens with zero attached hydrogens (tertiary/aromatic N) is 2. The van der Waals surface area contributed by atoms with Gasteiger partial charge in [-0.15, -0.1) is 5.10 Å². The lowest BCUT2D eigenvalue weighted by atomic mass is 9.84. The quantitative estimate of drug-likeness (QED) is 0.905. The van der Waals surface area contributed by atoms with Crippen LogP contribution in [0.5, 0.6) is 0 Å². The molecule has 0 unspecified atom stereocenters. The van der Waals surface area contributed by atoms with Crippen molar-refractivity contribution in [3.05, 3.63) is 53.5 Å². The first-order valence-corrected chi connectivity index (χ1v) is 6.84. The molecular weight excluding hydrogens is 253 g/mol. The second kappa shape index (κ2) is 5.99. The standard InChI is InChI=1S/C16H20FN3/c1-4-14-9-10-15(20-19-14)18-11-16(2,3)12-5-7-13(17)8-6-12/h5-10H,4,11H2,1-3H3,(H,18,20). The highest BCUT2D eigenvalue weighted by Crippen LogP contribution is 2.23. The Labute approximate surface area is 119 Å². The molecule has 1 aromatic heterocycles. The lowest BCUT2D eigenvalue weighted by Gasteiger charge is -2.25. The summed E-state index contributed by atoms with van der Waals surface area (Å²) < 4.78 is 13.0. The molecule has 0 atom stereocenters. The molecule has 20 heavy (non-hydrogen) atoms. The van der Waals surface area contributed by atoms with Gasteiger partial charge in [-0.25, -0.2) is 4.39 Å². The smallest absolute Gasteiger partial charge is 0.148 e. The molecule has 0 aliphatic carbocycles. The number of rotatable bonds is 5. The number of hydrogen-bond donors (Lipinski definition) is 1. The molecule has 0 amide bonds. The maximum Gasteiger partial charge on any atom is 0.148 e. The average molecular weight is 273 g/mol.